The van der Waals surface area contributed by atoms with E-state index in [0.717, 1.165) is 45.0 Å². The van der Waals surface area contributed by atoms with Gasteiger partial charge in [0.2, 0.25) is 5.91 Å². The predicted molar refractivity (Wildman–Crippen MR) is 129 cm³/mol. The summed E-state index contributed by atoms with van der Waals surface area (Å²) in [6, 6.07) is 14.4. The number of benzene rings is 2. The smallest absolute Gasteiger partial charge is 0.246 e. The molecule has 1 N–H and O–H groups in total. The van der Waals surface area contributed by atoms with Gasteiger partial charge in [-0.15, -0.1) is 11.3 Å². The lowest BCUT2D eigenvalue weighted by molar-refractivity contribution is -0.125. The molecule has 1 heterocycles. The van der Waals surface area contributed by atoms with Crippen LogP contribution < -0.4 is 5.32 Å². The molecule has 0 aliphatic heterocycles. The van der Waals surface area contributed by atoms with Crippen LogP contribution in [0.25, 0.3) is 21.0 Å². The second-order valence-corrected chi connectivity index (χ2v) is 9.37. The topological polar surface area (TPSA) is 84.2 Å². The Hall–Kier alpha value is -3.05. The molecule has 1 amide bonds. The second-order valence-electron chi connectivity index (χ2n) is 8.34. The summed E-state index contributed by atoms with van der Waals surface area (Å²) in [6.45, 7) is 4.44. The summed E-state index contributed by atoms with van der Waals surface area (Å²) in [5.41, 5.74) is 5.99. The minimum atomic E-state index is -0.101. The summed E-state index contributed by atoms with van der Waals surface area (Å²) in [6.07, 6.45) is 3.78. The number of nitrogens with zero attached hydrogens (tertiary/aromatic N) is 2. The number of hydrogen-bond donors (Lipinski definition) is 1. The van der Waals surface area contributed by atoms with Crippen LogP contribution in [0, 0.1) is 11.3 Å². The molecule has 0 fully saturated rings. The molecule has 0 bridgehead atoms. The highest BCUT2D eigenvalue weighted by molar-refractivity contribution is 7.18. The number of aromatic nitrogens is 1. The number of carbonyl (C=O) groups is 1. The van der Waals surface area contributed by atoms with E-state index < -0.39 is 0 Å². The average molecular weight is 462 g/mol. The predicted octanol–water partition coefficient (Wildman–Crippen LogP) is 5.02. The number of carbonyl (C=O) groups excluding carboxylic acids is 1. The molecule has 6 nitrogen and oxygen atoms in total. The summed E-state index contributed by atoms with van der Waals surface area (Å²) in [7, 11) is 1.52. The molecule has 1 atom stereocenters. The normalized spacial score (nSPS) is 14.8. The molecule has 0 spiro atoms. The van der Waals surface area contributed by atoms with E-state index in [1.807, 2.05) is 44.3 Å². The van der Waals surface area contributed by atoms with E-state index in [0.29, 0.717) is 12.2 Å². The van der Waals surface area contributed by atoms with Gasteiger partial charge in [-0.05, 0) is 55.0 Å². The van der Waals surface area contributed by atoms with Gasteiger partial charge >= 0.3 is 0 Å². The summed E-state index contributed by atoms with van der Waals surface area (Å²) in [4.78, 5) is 17.7. The van der Waals surface area contributed by atoms with Crippen molar-refractivity contribution in [2.75, 3.05) is 13.7 Å². The molecule has 7 heteroatoms. The number of fused-ring (bicyclic) bond motifs is 1. The quantitative estimate of drug-likeness (QED) is 0.509. The third-order valence-corrected chi connectivity index (χ3v) is 6.78. The average Bonchev–Trinajstić information content (AvgIpc) is 3.45. The summed E-state index contributed by atoms with van der Waals surface area (Å²) in [5.74, 6) is -0.101. The van der Waals surface area contributed by atoms with Crippen molar-refractivity contribution in [1.29, 1.82) is 5.26 Å². The maximum atomic E-state index is 12.0. The van der Waals surface area contributed by atoms with E-state index in [1.54, 1.807) is 11.3 Å². The fourth-order valence-corrected chi connectivity index (χ4v) is 5.10. The molecule has 1 aliphatic carbocycles. The second kappa shape index (κ2) is 10.3. The standard InChI is InChI=1S/C26H27N3O3S/c1-16(2)32-14-18-8-7-17(11-19(18)12-27)26-28-13-24(33-26)22-6-4-5-21-20(22)9-10-23(21)29-25(30)15-31-3/h4-8,11,13,16,23H,9-10,14-15H2,1-3H3,(H,29,30)/t23-/m0/s1. The van der Waals surface area contributed by atoms with E-state index in [2.05, 4.69) is 28.5 Å². The summed E-state index contributed by atoms with van der Waals surface area (Å²) >= 11 is 1.61. The minimum Gasteiger partial charge on any atom is -0.375 e. The number of hydrogen-bond acceptors (Lipinski definition) is 6. The van der Waals surface area contributed by atoms with Crippen molar-refractivity contribution in [3.05, 3.63) is 64.8 Å². The van der Waals surface area contributed by atoms with Crippen LogP contribution in [-0.2, 0) is 27.3 Å². The van der Waals surface area contributed by atoms with E-state index in [1.165, 1.54) is 12.7 Å². The lowest BCUT2D eigenvalue weighted by Gasteiger charge is -2.14. The lowest BCUT2D eigenvalue weighted by atomic mass is 10.0. The van der Waals surface area contributed by atoms with Gasteiger partial charge in [0.1, 0.15) is 11.6 Å². The van der Waals surface area contributed by atoms with Crippen LogP contribution in [0.2, 0.25) is 0 Å². The zero-order valence-electron chi connectivity index (χ0n) is 19.1. The van der Waals surface area contributed by atoms with E-state index in [9.17, 15) is 10.1 Å². The Labute approximate surface area is 198 Å². The van der Waals surface area contributed by atoms with Crippen LogP contribution >= 0.6 is 11.3 Å². The van der Waals surface area contributed by atoms with E-state index in [4.69, 9.17) is 9.47 Å². The molecular formula is C26H27N3O3S. The maximum Gasteiger partial charge on any atom is 0.246 e. The Kier molecular flexibility index (Phi) is 7.19. The van der Waals surface area contributed by atoms with Crippen LogP contribution in [0.5, 0.6) is 0 Å². The molecule has 170 valence electrons. The molecule has 0 radical (unpaired) electrons. The SMILES string of the molecule is COCC(=O)N[C@H]1CCc2c(-c3cnc(-c4ccc(COC(C)C)c(C#N)c4)s3)cccc21. The van der Waals surface area contributed by atoms with Gasteiger partial charge in [-0.3, -0.25) is 4.79 Å². The number of nitrogens with one attached hydrogen (secondary N) is 1. The lowest BCUT2D eigenvalue weighted by Crippen LogP contribution is -2.30. The first-order chi connectivity index (χ1) is 16.0. The molecule has 3 aromatic rings. The van der Waals surface area contributed by atoms with E-state index >= 15 is 0 Å². The zero-order valence-corrected chi connectivity index (χ0v) is 19.9. The first kappa shape index (κ1) is 23.1. The highest BCUT2D eigenvalue weighted by atomic mass is 32.1. The Balaban J connectivity index is 1.58. The van der Waals surface area contributed by atoms with Crippen LogP contribution in [0.4, 0.5) is 0 Å². The van der Waals surface area contributed by atoms with Crippen molar-refractivity contribution in [2.45, 2.75) is 45.4 Å². The maximum absolute atomic E-state index is 12.0. The van der Waals surface area contributed by atoms with Crippen molar-refractivity contribution < 1.29 is 14.3 Å². The number of thiazole rings is 1. The summed E-state index contributed by atoms with van der Waals surface area (Å²) in [5, 5.41) is 13.5. The monoisotopic (exact) mass is 461 g/mol. The number of nitriles is 1. The Bertz CT molecular complexity index is 1200. The van der Waals surface area contributed by atoms with Crippen molar-refractivity contribution in [3.63, 3.8) is 0 Å². The Morgan fingerprint density at radius 1 is 1.33 bits per heavy atom. The number of rotatable bonds is 8. The third kappa shape index (κ3) is 5.14. The molecule has 4 rings (SSSR count). The van der Waals surface area contributed by atoms with Gasteiger partial charge in [-0.1, -0.05) is 30.3 Å². The van der Waals surface area contributed by atoms with Crippen LogP contribution in [0.1, 0.15) is 48.6 Å². The molecule has 0 saturated heterocycles. The van der Waals surface area contributed by atoms with Crippen molar-refractivity contribution in [1.82, 2.24) is 10.3 Å². The van der Waals surface area contributed by atoms with Crippen molar-refractivity contribution in [3.8, 4) is 27.1 Å². The first-order valence-electron chi connectivity index (χ1n) is 11.0. The fraction of sp³-hybridized carbons (Fsp3) is 0.346. The molecular weight excluding hydrogens is 434 g/mol. The first-order valence-corrected chi connectivity index (χ1v) is 11.8. The van der Waals surface area contributed by atoms with Gasteiger partial charge < -0.3 is 14.8 Å². The van der Waals surface area contributed by atoms with Gasteiger partial charge in [0.15, 0.2) is 0 Å². The highest BCUT2D eigenvalue weighted by Crippen LogP contribution is 2.41. The number of amides is 1. The van der Waals surface area contributed by atoms with Gasteiger partial charge in [0.25, 0.3) is 0 Å². The largest absolute Gasteiger partial charge is 0.375 e. The van der Waals surface area contributed by atoms with Crippen LogP contribution in [-0.4, -0.2) is 30.7 Å². The fourth-order valence-electron chi connectivity index (χ4n) is 4.13. The number of ether oxygens (including phenoxy) is 2. The molecule has 33 heavy (non-hydrogen) atoms. The van der Waals surface area contributed by atoms with Gasteiger partial charge in [0.05, 0.1) is 35.3 Å². The van der Waals surface area contributed by atoms with E-state index in [-0.39, 0.29) is 24.7 Å². The summed E-state index contributed by atoms with van der Waals surface area (Å²) < 4.78 is 10.6. The Morgan fingerprint density at radius 3 is 2.94 bits per heavy atom. The Morgan fingerprint density at radius 2 is 2.18 bits per heavy atom. The minimum absolute atomic E-state index is 0.00813. The van der Waals surface area contributed by atoms with Crippen LogP contribution in [0.15, 0.2) is 42.6 Å². The molecule has 1 aliphatic rings. The molecule has 0 saturated carbocycles. The molecule has 1 aromatic heterocycles. The van der Waals surface area contributed by atoms with Crippen LogP contribution in [0.3, 0.4) is 0 Å². The molecule has 0 unspecified atom stereocenters. The van der Waals surface area contributed by atoms with Crippen molar-refractivity contribution >= 4 is 17.2 Å². The highest BCUT2D eigenvalue weighted by Gasteiger charge is 2.26. The molecule has 2 aromatic carbocycles. The van der Waals surface area contributed by atoms with Gasteiger partial charge in [-0.2, -0.15) is 5.26 Å². The van der Waals surface area contributed by atoms with Gasteiger partial charge in [0, 0.05) is 18.9 Å². The number of methoxy groups -OCH3 is 1. The van der Waals surface area contributed by atoms with Gasteiger partial charge in [-0.25, -0.2) is 4.98 Å². The zero-order chi connectivity index (χ0) is 23.4. The van der Waals surface area contributed by atoms with Crippen molar-refractivity contribution in [2.24, 2.45) is 0 Å². The third-order valence-electron chi connectivity index (χ3n) is 5.70.